The molecule has 266 valence electrons. The van der Waals surface area contributed by atoms with Crippen LogP contribution in [-0.2, 0) is 0 Å². The molecule has 0 saturated carbocycles. The number of benzene rings is 10. The molecule has 0 aliphatic rings. The van der Waals surface area contributed by atoms with E-state index in [0.717, 1.165) is 22.2 Å². The Hall–Kier alpha value is -6.92. The average Bonchev–Trinajstić information content (AvgIpc) is 3.29. The lowest BCUT2D eigenvalue weighted by molar-refractivity contribution is 1.43. The van der Waals surface area contributed by atoms with Crippen molar-refractivity contribution in [2.45, 2.75) is 0 Å². The zero-order valence-corrected chi connectivity index (χ0v) is 32.1. The van der Waals surface area contributed by atoms with Crippen LogP contribution in [0, 0.1) is 0 Å². The summed E-state index contributed by atoms with van der Waals surface area (Å²) in [5.41, 5.74) is 8.10. The van der Waals surface area contributed by atoms with E-state index >= 15 is 0 Å². The van der Waals surface area contributed by atoms with Gasteiger partial charge in [0.05, 0.1) is 11.2 Å². The van der Waals surface area contributed by atoms with E-state index in [4.69, 9.17) is 4.98 Å². The number of pyridine rings is 1. The maximum absolute atomic E-state index is 5.36. The Kier molecular flexibility index (Phi) is 8.20. The molecule has 0 atom stereocenters. The fraction of sp³-hybridized carbons (Fsp3) is 0. The van der Waals surface area contributed by atoms with Crippen LogP contribution in [0.15, 0.2) is 218 Å². The predicted octanol–water partition coefficient (Wildman–Crippen LogP) is 13.6. The van der Waals surface area contributed by atoms with Crippen molar-refractivity contribution >= 4 is 77.8 Å². The highest BCUT2D eigenvalue weighted by Crippen LogP contribution is 2.48. The van der Waals surface area contributed by atoms with Gasteiger partial charge in [0.1, 0.15) is 0 Å². The Morgan fingerprint density at radius 3 is 1.37 bits per heavy atom. The molecule has 10 aromatic carbocycles. The van der Waals surface area contributed by atoms with Crippen molar-refractivity contribution in [1.82, 2.24) is 4.98 Å². The first-order valence-corrected chi connectivity index (χ1v) is 20.9. The van der Waals surface area contributed by atoms with Gasteiger partial charge in [0.15, 0.2) is 0 Å². The van der Waals surface area contributed by atoms with E-state index in [0.29, 0.717) is 0 Å². The third kappa shape index (κ3) is 5.62. The molecule has 0 unspecified atom stereocenters. The standard InChI is InChI=1S/C55H36NP/c1-4-19-37(20-5-1)55-50-36-49(42-27-10-11-28-43(42)54(50)48-33-16-17-34-51(48)56-55)53-46-31-14-12-29-44(46)52(45-30-13-15-32-47(45)53)38-21-18-26-41(35-38)57(39-22-6-2-7-23-39)40-24-8-3-9-25-40/h1-36H. The molecule has 0 radical (unpaired) electrons. The highest BCUT2D eigenvalue weighted by atomic mass is 31.1. The molecular weight excluding hydrogens is 706 g/mol. The third-order valence-corrected chi connectivity index (χ3v) is 13.8. The molecular formula is C55H36NP. The first-order valence-electron chi connectivity index (χ1n) is 19.6. The van der Waals surface area contributed by atoms with E-state index in [-0.39, 0.29) is 0 Å². The zero-order chi connectivity index (χ0) is 37.7. The molecule has 11 rings (SSSR count). The Balaban J connectivity index is 1.22. The van der Waals surface area contributed by atoms with Gasteiger partial charge in [0.2, 0.25) is 0 Å². The second-order valence-electron chi connectivity index (χ2n) is 14.6. The molecule has 0 spiro atoms. The lowest BCUT2D eigenvalue weighted by Crippen LogP contribution is -2.20. The molecule has 0 fully saturated rings. The number of nitrogens with zero attached hydrogens (tertiary/aromatic N) is 1. The maximum Gasteiger partial charge on any atom is 0.0788 e. The highest BCUT2D eigenvalue weighted by Gasteiger charge is 2.23. The van der Waals surface area contributed by atoms with Crippen LogP contribution in [0.4, 0.5) is 0 Å². The molecule has 57 heavy (non-hydrogen) atoms. The summed E-state index contributed by atoms with van der Waals surface area (Å²) in [6, 6.07) is 80.0. The van der Waals surface area contributed by atoms with E-state index in [1.54, 1.807) is 0 Å². The van der Waals surface area contributed by atoms with Crippen molar-refractivity contribution in [3.05, 3.63) is 218 Å². The fourth-order valence-corrected chi connectivity index (χ4v) is 11.3. The number of rotatable bonds is 6. The van der Waals surface area contributed by atoms with Crippen molar-refractivity contribution in [1.29, 1.82) is 0 Å². The third-order valence-electron chi connectivity index (χ3n) is 11.4. The van der Waals surface area contributed by atoms with E-state index in [1.165, 1.54) is 81.3 Å². The summed E-state index contributed by atoms with van der Waals surface area (Å²) in [6.45, 7) is 0. The minimum atomic E-state index is -0.760. The van der Waals surface area contributed by atoms with Gasteiger partial charge in [-0.3, -0.25) is 0 Å². The Bertz CT molecular complexity index is 3190. The van der Waals surface area contributed by atoms with Gasteiger partial charge < -0.3 is 0 Å². The topological polar surface area (TPSA) is 12.9 Å². The molecule has 0 aliphatic carbocycles. The van der Waals surface area contributed by atoms with E-state index in [2.05, 4.69) is 218 Å². The minimum Gasteiger partial charge on any atom is -0.247 e. The summed E-state index contributed by atoms with van der Waals surface area (Å²) in [6.07, 6.45) is 0. The smallest absolute Gasteiger partial charge is 0.0788 e. The second kappa shape index (κ2) is 14.0. The molecule has 0 aliphatic heterocycles. The van der Waals surface area contributed by atoms with Gasteiger partial charge in [-0.1, -0.05) is 200 Å². The van der Waals surface area contributed by atoms with Crippen LogP contribution in [0.5, 0.6) is 0 Å². The molecule has 1 nitrogen and oxygen atoms in total. The molecule has 11 aromatic rings. The minimum absolute atomic E-state index is 0.760. The molecule has 1 heterocycles. The Morgan fingerprint density at radius 1 is 0.298 bits per heavy atom. The van der Waals surface area contributed by atoms with Crippen molar-refractivity contribution in [2.75, 3.05) is 0 Å². The van der Waals surface area contributed by atoms with E-state index in [9.17, 15) is 0 Å². The SMILES string of the molecule is c1ccc(-c2nc3ccccc3c3c2cc(-c2c4ccccc4c(-c4cccc(P(c5ccccc5)c5ccccc5)c4)c4ccccc24)c2ccccc23)cc1. The van der Waals surface area contributed by atoms with Crippen molar-refractivity contribution < 1.29 is 0 Å². The monoisotopic (exact) mass is 741 g/mol. The van der Waals surface area contributed by atoms with Crippen LogP contribution in [0.3, 0.4) is 0 Å². The number of aromatic nitrogens is 1. The zero-order valence-electron chi connectivity index (χ0n) is 31.2. The van der Waals surface area contributed by atoms with Gasteiger partial charge >= 0.3 is 0 Å². The molecule has 1 aromatic heterocycles. The van der Waals surface area contributed by atoms with Crippen LogP contribution in [0.1, 0.15) is 0 Å². The Labute approximate surface area is 333 Å². The van der Waals surface area contributed by atoms with Gasteiger partial charge in [-0.05, 0) is 96.6 Å². The summed E-state index contributed by atoms with van der Waals surface area (Å²) < 4.78 is 0. The van der Waals surface area contributed by atoms with E-state index < -0.39 is 7.92 Å². The number of hydrogen-bond acceptors (Lipinski definition) is 1. The van der Waals surface area contributed by atoms with Crippen molar-refractivity contribution in [3.63, 3.8) is 0 Å². The largest absolute Gasteiger partial charge is 0.247 e. The lowest BCUT2D eigenvalue weighted by atomic mass is 9.83. The van der Waals surface area contributed by atoms with E-state index in [1.807, 2.05) is 0 Å². The second-order valence-corrected chi connectivity index (χ2v) is 16.9. The van der Waals surface area contributed by atoms with Crippen LogP contribution < -0.4 is 15.9 Å². The van der Waals surface area contributed by atoms with Gasteiger partial charge in [-0.2, -0.15) is 0 Å². The summed E-state index contributed by atoms with van der Waals surface area (Å²) >= 11 is 0. The summed E-state index contributed by atoms with van der Waals surface area (Å²) in [5.74, 6) is 0. The van der Waals surface area contributed by atoms with Gasteiger partial charge in [0.25, 0.3) is 0 Å². The number of para-hydroxylation sites is 1. The predicted molar refractivity (Wildman–Crippen MR) is 247 cm³/mol. The summed E-state index contributed by atoms with van der Waals surface area (Å²) in [5, 5.41) is 15.1. The van der Waals surface area contributed by atoms with Gasteiger partial charge in [-0.25, -0.2) is 4.98 Å². The van der Waals surface area contributed by atoms with Gasteiger partial charge in [0, 0.05) is 21.7 Å². The van der Waals surface area contributed by atoms with Crippen LogP contribution in [0.2, 0.25) is 0 Å². The number of fused-ring (bicyclic) bond motifs is 7. The molecule has 0 bridgehead atoms. The molecule has 0 saturated heterocycles. The van der Waals surface area contributed by atoms with Crippen molar-refractivity contribution in [2.24, 2.45) is 0 Å². The van der Waals surface area contributed by atoms with Gasteiger partial charge in [-0.15, -0.1) is 0 Å². The van der Waals surface area contributed by atoms with Crippen LogP contribution >= 0.6 is 7.92 Å². The van der Waals surface area contributed by atoms with Crippen LogP contribution in [-0.4, -0.2) is 4.98 Å². The van der Waals surface area contributed by atoms with Crippen LogP contribution in [0.25, 0.3) is 87.5 Å². The summed E-state index contributed by atoms with van der Waals surface area (Å²) in [4.78, 5) is 5.36. The lowest BCUT2D eigenvalue weighted by Gasteiger charge is -2.22. The van der Waals surface area contributed by atoms with Crippen molar-refractivity contribution in [3.8, 4) is 33.5 Å². The molecule has 2 heteroatoms. The molecule has 0 N–H and O–H groups in total. The first kappa shape index (κ1) is 33.4. The Morgan fingerprint density at radius 2 is 0.754 bits per heavy atom. The maximum atomic E-state index is 5.36. The normalized spacial score (nSPS) is 11.7. The summed E-state index contributed by atoms with van der Waals surface area (Å²) in [7, 11) is -0.760. The first-order chi connectivity index (χ1) is 28.3. The molecule has 0 amide bonds. The average molecular weight is 742 g/mol. The fourth-order valence-electron chi connectivity index (χ4n) is 8.97. The quantitative estimate of drug-likeness (QED) is 0.0939. The number of hydrogen-bond donors (Lipinski definition) is 0. The highest BCUT2D eigenvalue weighted by molar-refractivity contribution is 7.79.